The summed E-state index contributed by atoms with van der Waals surface area (Å²) in [4.78, 5) is 15.8. The molecule has 1 amide bonds. The first-order chi connectivity index (χ1) is 16.2. The van der Waals surface area contributed by atoms with E-state index in [-0.39, 0.29) is 22.3 Å². The van der Waals surface area contributed by atoms with Crippen LogP contribution in [-0.2, 0) is 15.4 Å². The lowest BCUT2D eigenvalue weighted by molar-refractivity contribution is 0.0980. The molecular weight excluding hydrogens is 512 g/mol. The zero-order chi connectivity index (χ0) is 23.7. The minimum atomic E-state index is -3.69. The van der Waals surface area contributed by atoms with E-state index < -0.39 is 10.0 Å². The van der Waals surface area contributed by atoms with Crippen molar-refractivity contribution in [3.8, 4) is 0 Å². The van der Waals surface area contributed by atoms with Crippen LogP contribution in [0.3, 0.4) is 0 Å². The van der Waals surface area contributed by atoms with Gasteiger partial charge in [0.15, 0.2) is 0 Å². The van der Waals surface area contributed by atoms with Gasteiger partial charge >= 0.3 is 0 Å². The van der Waals surface area contributed by atoms with Crippen LogP contribution in [0.1, 0.15) is 67.3 Å². The quantitative estimate of drug-likeness (QED) is 0.506. The SMILES string of the molecule is C=C1CC(NS(=O)(=O)c2cccc(C(=O)N3CC4(CCC5(CC5)CC4)c4cc(Br)ccc43)c2)C1. The molecule has 5 nitrogen and oxygen atoms in total. The van der Waals surface area contributed by atoms with E-state index >= 15 is 0 Å². The van der Waals surface area contributed by atoms with Crippen molar-refractivity contribution >= 4 is 37.5 Å². The molecule has 2 aromatic rings. The van der Waals surface area contributed by atoms with Crippen LogP contribution in [0.25, 0.3) is 0 Å². The maximum Gasteiger partial charge on any atom is 0.258 e. The van der Waals surface area contributed by atoms with Crippen LogP contribution < -0.4 is 9.62 Å². The average Bonchev–Trinajstić information content (AvgIpc) is 3.50. The summed E-state index contributed by atoms with van der Waals surface area (Å²) in [6.45, 7) is 4.54. The normalized spacial score (nSPS) is 22.6. The summed E-state index contributed by atoms with van der Waals surface area (Å²) in [6.07, 6.45) is 8.70. The van der Waals surface area contributed by atoms with Gasteiger partial charge in [-0.2, -0.15) is 0 Å². The van der Waals surface area contributed by atoms with Gasteiger partial charge in [-0.25, -0.2) is 13.1 Å². The summed E-state index contributed by atoms with van der Waals surface area (Å²) >= 11 is 3.63. The van der Waals surface area contributed by atoms with Gasteiger partial charge in [0.1, 0.15) is 0 Å². The zero-order valence-corrected chi connectivity index (χ0v) is 21.6. The van der Waals surface area contributed by atoms with E-state index in [1.54, 1.807) is 18.2 Å². The van der Waals surface area contributed by atoms with Crippen LogP contribution in [0.15, 0.2) is 64.0 Å². The number of nitrogens with zero attached hydrogens (tertiary/aromatic N) is 1. The molecular formula is C27H29BrN2O3S. The molecule has 3 fully saturated rings. The van der Waals surface area contributed by atoms with Crippen LogP contribution in [0, 0.1) is 5.41 Å². The summed E-state index contributed by atoms with van der Waals surface area (Å²) in [5.41, 5.74) is 4.22. The van der Waals surface area contributed by atoms with Gasteiger partial charge in [-0.1, -0.05) is 34.1 Å². The van der Waals surface area contributed by atoms with Crippen molar-refractivity contribution < 1.29 is 13.2 Å². The molecule has 0 bridgehead atoms. The molecule has 1 heterocycles. The Balaban J connectivity index is 1.29. The van der Waals surface area contributed by atoms with Gasteiger partial charge in [-0.15, -0.1) is 0 Å². The number of carbonyl (C=O) groups is 1. The standard InChI is InChI=1S/C27H29BrN2O3S/c1-18-13-21(14-18)29-34(32,33)22-4-2-3-19(15-22)25(31)30-17-27(11-9-26(7-8-26)10-12-27)23-16-20(28)5-6-24(23)30/h2-6,15-16,21,29H,1,7-14,17H2. The lowest BCUT2D eigenvalue weighted by Gasteiger charge is -2.38. The predicted molar refractivity (Wildman–Crippen MR) is 137 cm³/mol. The minimum Gasteiger partial charge on any atom is -0.307 e. The Bertz CT molecular complexity index is 1300. The zero-order valence-electron chi connectivity index (χ0n) is 19.1. The van der Waals surface area contributed by atoms with Crippen LogP contribution >= 0.6 is 15.9 Å². The Hall–Kier alpha value is -1.96. The fourth-order valence-electron chi connectivity index (χ4n) is 6.15. The number of carbonyl (C=O) groups excluding carboxylic acids is 1. The number of amides is 1. The molecule has 0 saturated heterocycles. The highest BCUT2D eigenvalue weighted by Gasteiger charge is 2.53. The highest BCUT2D eigenvalue weighted by molar-refractivity contribution is 9.10. The number of sulfonamides is 1. The second kappa shape index (κ2) is 7.77. The number of halogens is 1. The number of anilines is 1. The fourth-order valence-corrected chi connectivity index (χ4v) is 7.79. The van der Waals surface area contributed by atoms with E-state index in [2.05, 4.69) is 33.3 Å². The minimum absolute atomic E-state index is 0.0134. The summed E-state index contributed by atoms with van der Waals surface area (Å²) in [5.74, 6) is -0.138. The first-order valence-electron chi connectivity index (χ1n) is 12.1. The van der Waals surface area contributed by atoms with Gasteiger partial charge in [-0.05, 0) is 98.7 Å². The molecule has 6 rings (SSSR count). The summed E-state index contributed by atoms with van der Waals surface area (Å²) in [7, 11) is -3.69. The van der Waals surface area contributed by atoms with Crippen LogP contribution in [0.5, 0.6) is 0 Å². The third-order valence-electron chi connectivity index (χ3n) is 8.53. The number of benzene rings is 2. The van der Waals surface area contributed by atoms with E-state index in [1.807, 2.05) is 17.0 Å². The molecule has 2 spiro atoms. The van der Waals surface area contributed by atoms with Gasteiger partial charge in [-0.3, -0.25) is 4.79 Å². The van der Waals surface area contributed by atoms with Crippen LogP contribution in [0.4, 0.5) is 5.69 Å². The third-order valence-corrected chi connectivity index (χ3v) is 10.5. The number of nitrogens with one attached hydrogen (secondary N) is 1. The molecule has 0 atom stereocenters. The average molecular weight is 542 g/mol. The van der Waals surface area contributed by atoms with E-state index in [9.17, 15) is 13.2 Å². The Morgan fingerprint density at radius 3 is 2.41 bits per heavy atom. The monoisotopic (exact) mass is 540 g/mol. The number of fused-ring (bicyclic) bond motifs is 2. The lowest BCUT2D eigenvalue weighted by atomic mass is 9.66. The van der Waals surface area contributed by atoms with Crippen LogP contribution in [0.2, 0.25) is 0 Å². The van der Waals surface area contributed by atoms with Crippen molar-refractivity contribution in [3.05, 3.63) is 70.2 Å². The molecule has 1 aliphatic heterocycles. The molecule has 3 aliphatic carbocycles. The van der Waals surface area contributed by atoms with E-state index in [0.717, 1.165) is 28.6 Å². The summed E-state index contributed by atoms with van der Waals surface area (Å²) in [6, 6.07) is 12.5. The summed E-state index contributed by atoms with van der Waals surface area (Å²) < 4.78 is 29.6. The molecule has 178 valence electrons. The molecule has 3 saturated carbocycles. The molecule has 0 radical (unpaired) electrons. The predicted octanol–water partition coefficient (Wildman–Crippen LogP) is 5.70. The Morgan fingerprint density at radius 2 is 1.74 bits per heavy atom. The molecule has 0 unspecified atom stereocenters. The second-order valence-electron chi connectivity index (χ2n) is 10.8. The third kappa shape index (κ3) is 3.76. The molecule has 2 aromatic carbocycles. The fraction of sp³-hybridized carbons (Fsp3) is 0.444. The number of rotatable bonds is 4. The van der Waals surface area contributed by atoms with E-state index in [1.165, 1.54) is 37.3 Å². The van der Waals surface area contributed by atoms with Gasteiger partial charge in [0.2, 0.25) is 10.0 Å². The van der Waals surface area contributed by atoms with Crippen molar-refractivity contribution in [1.82, 2.24) is 4.72 Å². The molecule has 1 N–H and O–H groups in total. The van der Waals surface area contributed by atoms with Crippen LogP contribution in [-0.4, -0.2) is 26.9 Å². The molecule has 34 heavy (non-hydrogen) atoms. The highest BCUT2D eigenvalue weighted by Crippen LogP contribution is 2.62. The maximum absolute atomic E-state index is 13.8. The number of hydrogen-bond donors (Lipinski definition) is 1. The maximum atomic E-state index is 13.8. The largest absolute Gasteiger partial charge is 0.307 e. The molecule has 0 aromatic heterocycles. The van der Waals surface area contributed by atoms with Gasteiger partial charge in [0.25, 0.3) is 5.91 Å². The van der Waals surface area contributed by atoms with Crippen molar-refractivity contribution in [1.29, 1.82) is 0 Å². The Morgan fingerprint density at radius 1 is 1.03 bits per heavy atom. The summed E-state index contributed by atoms with van der Waals surface area (Å²) in [5, 5.41) is 0. The lowest BCUT2D eigenvalue weighted by Crippen LogP contribution is -2.41. The van der Waals surface area contributed by atoms with Gasteiger partial charge < -0.3 is 4.90 Å². The Labute approximate surface area is 209 Å². The molecule has 4 aliphatic rings. The number of hydrogen-bond acceptors (Lipinski definition) is 3. The van der Waals surface area contributed by atoms with E-state index in [0.29, 0.717) is 30.4 Å². The van der Waals surface area contributed by atoms with Crippen molar-refractivity contribution in [2.45, 2.75) is 67.7 Å². The van der Waals surface area contributed by atoms with Gasteiger partial charge in [0, 0.05) is 33.7 Å². The first-order valence-corrected chi connectivity index (χ1v) is 14.4. The van der Waals surface area contributed by atoms with Crippen molar-refractivity contribution in [2.24, 2.45) is 5.41 Å². The van der Waals surface area contributed by atoms with Crippen molar-refractivity contribution in [3.63, 3.8) is 0 Å². The molecule has 7 heteroatoms. The smallest absolute Gasteiger partial charge is 0.258 e. The van der Waals surface area contributed by atoms with E-state index in [4.69, 9.17) is 0 Å². The van der Waals surface area contributed by atoms with Gasteiger partial charge in [0.05, 0.1) is 4.90 Å². The second-order valence-corrected chi connectivity index (χ2v) is 13.5. The topological polar surface area (TPSA) is 66.5 Å². The highest BCUT2D eigenvalue weighted by atomic mass is 79.9. The Kier molecular flexibility index (Phi) is 5.14. The van der Waals surface area contributed by atoms with Crippen molar-refractivity contribution in [2.75, 3.05) is 11.4 Å². The first kappa shape index (κ1) is 22.5.